The lowest BCUT2D eigenvalue weighted by Gasteiger charge is -2.02. The van der Waals surface area contributed by atoms with Crippen molar-refractivity contribution in [2.75, 3.05) is 0 Å². The van der Waals surface area contributed by atoms with Crippen LogP contribution in [-0.2, 0) is 7.05 Å². The van der Waals surface area contributed by atoms with Crippen molar-refractivity contribution in [3.05, 3.63) is 40.2 Å². The van der Waals surface area contributed by atoms with Gasteiger partial charge in [0.05, 0.1) is 11.0 Å². The van der Waals surface area contributed by atoms with Gasteiger partial charge in [-0.15, -0.1) is 5.10 Å². The highest BCUT2D eigenvalue weighted by atomic mass is 16.6. The van der Waals surface area contributed by atoms with E-state index in [-0.39, 0.29) is 11.8 Å². The van der Waals surface area contributed by atoms with Gasteiger partial charge in [-0.1, -0.05) is 0 Å². The van der Waals surface area contributed by atoms with Crippen molar-refractivity contribution in [3.8, 4) is 11.8 Å². The first-order valence-electron chi connectivity index (χ1n) is 5.02. The maximum Gasteiger partial charge on any atom is 0.342 e. The molecule has 0 saturated carbocycles. The van der Waals surface area contributed by atoms with Crippen molar-refractivity contribution in [2.45, 2.75) is 0 Å². The van der Waals surface area contributed by atoms with Gasteiger partial charge in [-0.3, -0.25) is 14.8 Å². The van der Waals surface area contributed by atoms with Crippen LogP contribution in [0.2, 0.25) is 0 Å². The molecule has 1 N–H and O–H groups in total. The monoisotopic (exact) mass is 264 g/mol. The van der Waals surface area contributed by atoms with Crippen LogP contribution < -0.4 is 4.74 Å². The second-order valence-corrected chi connectivity index (χ2v) is 3.54. The molecule has 9 nitrogen and oxygen atoms in total. The fourth-order valence-corrected chi connectivity index (χ4v) is 1.38. The molecule has 1 heterocycles. The molecule has 0 fully saturated rings. The summed E-state index contributed by atoms with van der Waals surface area (Å²) in [6, 6.07) is 3.42. The lowest BCUT2D eigenvalue weighted by molar-refractivity contribution is -0.385. The largest absolute Gasteiger partial charge is 0.477 e. The summed E-state index contributed by atoms with van der Waals surface area (Å²) in [4.78, 5) is 24.6. The van der Waals surface area contributed by atoms with Crippen LogP contribution in [0.25, 0.3) is 0 Å². The molecule has 1 aromatic heterocycles. The van der Waals surface area contributed by atoms with E-state index in [0.717, 1.165) is 12.1 Å². The minimum Gasteiger partial charge on any atom is -0.477 e. The topological polar surface area (TPSA) is 120 Å². The Hall–Kier alpha value is -2.97. The Kier molecular flexibility index (Phi) is 3.10. The summed E-state index contributed by atoms with van der Waals surface area (Å²) in [5.74, 6) is -1.29. The van der Waals surface area contributed by atoms with Gasteiger partial charge in [0.1, 0.15) is 17.6 Å². The van der Waals surface area contributed by atoms with Crippen LogP contribution in [0.5, 0.6) is 11.8 Å². The molecular weight excluding hydrogens is 256 g/mol. The van der Waals surface area contributed by atoms with Crippen LogP contribution in [0.3, 0.4) is 0 Å². The average Bonchev–Trinajstić information content (AvgIpc) is 2.74. The Labute approximate surface area is 106 Å². The molecule has 0 unspecified atom stereocenters. The molecule has 0 amide bonds. The molecule has 19 heavy (non-hydrogen) atoms. The molecular formula is C10H8N4O5. The molecule has 0 aliphatic heterocycles. The maximum absolute atomic E-state index is 10.8. The van der Waals surface area contributed by atoms with Gasteiger partial charge in [0.15, 0.2) is 0 Å². The van der Waals surface area contributed by atoms with Crippen molar-refractivity contribution in [1.29, 1.82) is 0 Å². The molecule has 0 bridgehead atoms. The third-order valence-corrected chi connectivity index (χ3v) is 2.18. The number of aromatic nitrogens is 3. The van der Waals surface area contributed by atoms with Crippen molar-refractivity contribution < 1.29 is 19.6 Å². The first kappa shape index (κ1) is 12.5. The predicted octanol–water partition coefficient (Wildman–Crippen LogP) is 1.21. The molecule has 0 aliphatic carbocycles. The number of nitro groups is 1. The summed E-state index contributed by atoms with van der Waals surface area (Å²) in [6.45, 7) is 0. The molecule has 2 rings (SSSR count). The fraction of sp³-hybridized carbons (Fsp3) is 0.100. The van der Waals surface area contributed by atoms with E-state index < -0.39 is 22.1 Å². The van der Waals surface area contributed by atoms with Crippen molar-refractivity contribution in [2.24, 2.45) is 7.05 Å². The number of hydrogen-bond acceptors (Lipinski definition) is 6. The summed E-state index contributed by atoms with van der Waals surface area (Å²) in [5.41, 5.74) is -0.965. The number of nitrogens with zero attached hydrogens (tertiary/aromatic N) is 4. The fourth-order valence-electron chi connectivity index (χ4n) is 1.38. The number of nitro benzene ring substituents is 1. The number of carboxylic acid groups (broad SMARTS) is 1. The van der Waals surface area contributed by atoms with Gasteiger partial charge in [-0.2, -0.15) is 4.98 Å². The maximum atomic E-state index is 10.8. The number of carboxylic acids is 1. The standard InChI is InChI=1S/C10H8N4O5/c1-13-5-11-10(12-13)19-6-2-3-7(9(15)16)8(4-6)14(17)18/h2-5H,1H3,(H,15,16). The molecule has 9 heteroatoms. The summed E-state index contributed by atoms with van der Waals surface area (Å²) < 4.78 is 6.58. The number of benzene rings is 1. The van der Waals surface area contributed by atoms with Gasteiger partial charge in [0, 0.05) is 7.05 Å². The first-order valence-corrected chi connectivity index (χ1v) is 5.02. The molecule has 2 aromatic rings. The number of ether oxygens (including phenoxy) is 1. The molecule has 0 radical (unpaired) electrons. The highest BCUT2D eigenvalue weighted by Crippen LogP contribution is 2.26. The Morgan fingerprint density at radius 1 is 1.53 bits per heavy atom. The second kappa shape index (κ2) is 4.72. The number of aromatic carboxylic acids is 1. The zero-order valence-corrected chi connectivity index (χ0v) is 9.68. The average molecular weight is 264 g/mol. The molecule has 98 valence electrons. The molecule has 0 atom stereocenters. The number of aryl methyl sites for hydroxylation is 1. The Morgan fingerprint density at radius 3 is 2.79 bits per heavy atom. The molecule has 0 saturated heterocycles. The first-order chi connectivity index (χ1) is 8.97. The highest BCUT2D eigenvalue weighted by molar-refractivity contribution is 5.92. The van der Waals surface area contributed by atoms with Crippen LogP contribution in [0.15, 0.2) is 24.5 Å². The SMILES string of the molecule is Cn1cnc(Oc2ccc(C(=O)O)c([N+](=O)[O-])c2)n1. The van der Waals surface area contributed by atoms with E-state index in [1.54, 1.807) is 7.05 Å². The molecule has 0 spiro atoms. The van der Waals surface area contributed by atoms with Gasteiger partial charge in [0.2, 0.25) is 0 Å². The normalized spacial score (nSPS) is 10.2. The van der Waals surface area contributed by atoms with E-state index in [4.69, 9.17) is 9.84 Å². The lowest BCUT2D eigenvalue weighted by atomic mass is 10.2. The van der Waals surface area contributed by atoms with E-state index in [1.807, 2.05) is 0 Å². The predicted molar refractivity (Wildman–Crippen MR) is 61.1 cm³/mol. The second-order valence-electron chi connectivity index (χ2n) is 3.54. The van der Waals surface area contributed by atoms with Gasteiger partial charge in [-0.05, 0) is 12.1 Å². The van der Waals surface area contributed by atoms with Crippen molar-refractivity contribution in [1.82, 2.24) is 14.8 Å². The van der Waals surface area contributed by atoms with Crippen molar-refractivity contribution >= 4 is 11.7 Å². The van der Waals surface area contributed by atoms with Crippen LogP contribution >= 0.6 is 0 Å². The third kappa shape index (κ3) is 2.65. The summed E-state index contributed by atoms with van der Waals surface area (Å²) in [7, 11) is 1.63. The minimum atomic E-state index is -1.38. The quantitative estimate of drug-likeness (QED) is 0.650. The van der Waals surface area contributed by atoms with Crippen LogP contribution in [0, 0.1) is 10.1 Å². The number of rotatable bonds is 4. The molecule has 0 aliphatic rings. The van der Waals surface area contributed by atoms with E-state index in [2.05, 4.69) is 10.1 Å². The van der Waals surface area contributed by atoms with Crippen molar-refractivity contribution in [3.63, 3.8) is 0 Å². The van der Waals surface area contributed by atoms with Gasteiger partial charge < -0.3 is 9.84 Å². The molecule has 1 aromatic carbocycles. The van der Waals surface area contributed by atoms with Crippen LogP contribution in [-0.4, -0.2) is 30.8 Å². The van der Waals surface area contributed by atoms with E-state index in [1.165, 1.54) is 17.1 Å². The number of carbonyl (C=O) groups is 1. The zero-order chi connectivity index (χ0) is 14.0. The summed E-state index contributed by atoms with van der Waals surface area (Å²) in [5, 5.41) is 23.4. The summed E-state index contributed by atoms with van der Waals surface area (Å²) in [6.07, 6.45) is 1.40. The number of hydrogen-bond donors (Lipinski definition) is 1. The Balaban J connectivity index is 2.35. The Morgan fingerprint density at radius 2 is 2.26 bits per heavy atom. The summed E-state index contributed by atoms with van der Waals surface area (Å²) >= 11 is 0. The van der Waals surface area contributed by atoms with Crippen LogP contribution in [0.1, 0.15) is 10.4 Å². The van der Waals surface area contributed by atoms with E-state index in [0.29, 0.717) is 0 Å². The third-order valence-electron chi connectivity index (χ3n) is 2.18. The van der Waals surface area contributed by atoms with Gasteiger partial charge in [0.25, 0.3) is 5.69 Å². The lowest BCUT2D eigenvalue weighted by Crippen LogP contribution is -2.02. The smallest absolute Gasteiger partial charge is 0.342 e. The van der Waals surface area contributed by atoms with Gasteiger partial charge >= 0.3 is 12.0 Å². The van der Waals surface area contributed by atoms with E-state index in [9.17, 15) is 14.9 Å². The minimum absolute atomic E-state index is 0.0138. The van der Waals surface area contributed by atoms with Crippen LogP contribution in [0.4, 0.5) is 5.69 Å². The highest BCUT2D eigenvalue weighted by Gasteiger charge is 2.21. The van der Waals surface area contributed by atoms with E-state index >= 15 is 0 Å². The zero-order valence-electron chi connectivity index (χ0n) is 9.68. The Bertz CT molecular complexity index is 651. The van der Waals surface area contributed by atoms with Gasteiger partial charge in [-0.25, -0.2) is 4.79 Å².